The van der Waals surface area contributed by atoms with Crippen LogP contribution in [0.3, 0.4) is 0 Å². The molecule has 7 heteroatoms. The predicted molar refractivity (Wildman–Crippen MR) is 87.1 cm³/mol. The number of thioether (sulfide) groups is 1. The van der Waals surface area contributed by atoms with Gasteiger partial charge < -0.3 is 4.90 Å². The predicted octanol–water partition coefficient (Wildman–Crippen LogP) is 2.61. The second kappa shape index (κ2) is 6.39. The Morgan fingerprint density at radius 2 is 2.27 bits per heavy atom. The van der Waals surface area contributed by atoms with E-state index < -0.39 is 0 Å². The van der Waals surface area contributed by atoms with Gasteiger partial charge in [-0.25, -0.2) is 4.79 Å². The molecule has 0 aliphatic carbocycles. The Morgan fingerprint density at radius 3 is 3.00 bits per heavy atom. The smallest absolute Gasteiger partial charge is 0.320 e. The van der Waals surface area contributed by atoms with Gasteiger partial charge in [0.15, 0.2) is 5.82 Å². The zero-order chi connectivity index (χ0) is 15.5. The van der Waals surface area contributed by atoms with Gasteiger partial charge in [-0.05, 0) is 42.9 Å². The van der Waals surface area contributed by atoms with E-state index in [2.05, 4.69) is 40.1 Å². The highest BCUT2D eigenvalue weighted by Gasteiger charge is 2.21. The Hall–Kier alpha value is -2.02. The lowest BCUT2D eigenvalue weighted by molar-refractivity contribution is 0.206. The van der Waals surface area contributed by atoms with Crippen LogP contribution in [0, 0.1) is 0 Å². The van der Waals surface area contributed by atoms with E-state index in [1.54, 1.807) is 22.6 Å². The third-order valence-electron chi connectivity index (χ3n) is 3.81. The van der Waals surface area contributed by atoms with Crippen molar-refractivity contribution < 1.29 is 4.79 Å². The zero-order valence-electron chi connectivity index (χ0n) is 12.7. The summed E-state index contributed by atoms with van der Waals surface area (Å²) in [6, 6.07) is 6.33. The number of amides is 2. The Kier molecular flexibility index (Phi) is 4.33. The first kappa shape index (κ1) is 14.9. The molecule has 2 heterocycles. The number of nitrogens with zero attached hydrogens (tertiary/aromatic N) is 4. The molecule has 1 aromatic heterocycles. The highest BCUT2D eigenvalue weighted by molar-refractivity contribution is 7.98. The van der Waals surface area contributed by atoms with Gasteiger partial charge in [0, 0.05) is 24.5 Å². The van der Waals surface area contributed by atoms with Crippen LogP contribution < -0.4 is 5.32 Å². The number of aromatic nitrogens is 3. The van der Waals surface area contributed by atoms with Gasteiger partial charge in [-0.1, -0.05) is 11.3 Å². The molecule has 0 atom stereocenters. The number of benzene rings is 1. The maximum atomic E-state index is 12.3. The van der Waals surface area contributed by atoms with Crippen LogP contribution in [0.25, 0.3) is 0 Å². The average Bonchev–Trinajstić information content (AvgIpc) is 3.01. The molecule has 1 aliphatic heterocycles. The highest BCUT2D eigenvalue weighted by Crippen LogP contribution is 2.24. The van der Waals surface area contributed by atoms with Crippen molar-refractivity contribution in [2.24, 2.45) is 0 Å². The van der Waals surface area contributed by atoms with Crippen molar-refractivity contribution in [2.45, 2.75) is 31.3 Å². The van der Waals surface area contributed by atoms with Gasteiger partial charge in [-0.2, -0.15) is 0 Å². The molecule has 2 aromatic rings. The number of carbonyl (C=O) groups is 1. The summed E-state index contributed by atoms with van der Waals surface area (Å²) >= 11 is 1.74. The van der Waals surface area contributed by atoms with Crippen LogP contribution in [-0.2, 0) is 19.5 Å². The molecule has 6 nitrogen and oxygen atoms in total. The number of hydrogen-bond donors (Lipinski definition) is 1. The molecule has 0 spiro atoms. The van der Waals surface area contributed by atoms with E-state index in [1.807, 2.05) is 11.8 Å². The maximum absolute atomic E-state index is 12.3. The molecule has 2 amide bonds. The zero-order valence-corrected chi connectivity index (χ0v) is 13.6. The average molecular weight is 317 g/mol. The highest BCUT2D eigenvalue weighted by atomic mass is 32.2. The van der Waals surface area contributed by atoms with Gasteiger partial charge in [-0.3, -0.25) is 10.00 Å². The number of nitrogens with one attached hydrogen (secondary N) is 1. The Balaban J connectivity index is 1.67. The number of hydrogen-bond acceptors (Lipinski definition) is 4. The van der Waals surface area contributed by atoms with Crippen LogP contribution in [0.2, 0.25) is 0 Å². The quantitative estimate of drug-likeness (QED) is 0.884. The molecular formula is C15H19N5OS. The fraction of sp³-hybridized carbons (Fsp3) is 0.400. The molecule has 0 saturated heterocycles. The Bertz CT molecular complexity index is 684. The molecule has 3 rings (SSSR count). The minimum absolute atomic E-state index is 0.122. The molecule has 0 saturated carbocycles. The van der Waals surface area contributed by atoms with E-state index >= 15 is 0 Å². The lowest BCUT2D eigenvalue weighted by Gasteiger charge is -2.28. The van der Waals surface area contributed by atoms with Crippen molar-refractivity contribution in [3.05, 3.63) is 35.5 Å². The summed E-state index contributed by atoms with van der Waals surface area (Å²) in [4.78, 5) is 15.4. The number of urea groups is 1. The lowest BCUT2D eigenvalue weighted by atomic mass is 10.0. The van der Waals surface area contributed by atoms with Crippen molar-refractivity contribution in [2.75, 3.05) is 18.1 Å². The number of carbonyl (C=O) groups excluding carboxylic acids is 1. The van der Waals surface area contributed by atoms with Gasteiger partial charge in [0.05, 0.1) is 6.20 Å². The van der Waals surface area contributed by atoms with Gasteiger partial charge in [0.2, 0.25) is 0 Å². The van der Waals surface area contributed by atoms with Gasteiger partial charge in [0.1, 0.15) is 0 Å². The summed E-state index contributed by atoms with van der Waals surface area (Å²) < 4.78 is 1.69. The molecular weight excluding hydrogens is 298 g/mol. The molecule has 116 valence electrons. The summed E-state index contributed by atoms with van der Waals surface area (Å²) in [7, 11) is 0. The van der Waals surface area contributed by atoms with E-state index in [4.69, 9.17) is 0 Å². The molecule has 1 aromatic carbocycles. The van der Waals surface area contributed by atoms with Crippen molar-refractivity contribution in [1.29, 1.82) is 0 Å². The second-order valence-corrected chi connectivity index (χ2v) is 6.08. The van der Waals surface area contributed by atoms with Crippen LogP contribution in [0.15, 0.2) is 29.3 Å². The first-order valence-electron chi connectivity index (χ1n) is 7.31. The van der Waals surface area contributed by atoms with E-state index in [9.17, 15) is 4.79 Å². The molecule has 1 N–H and O–H groups in total. The molecule has 22 heavy (non-hydrogen) atoms. The third-order valence-corrected chi connectivity index (χ3v) is 4.54. The summed E-state index contributed by atoms with van der Waals surface area (Å²) in [5.41, 5.74) is 2.56. The number of anilines is 1. The van der Waals surface area contributed by atoms with Crippen LogP contribution in [-0.4, -0.2) is 38.7 Å². The second-order valence-electron chi connectivity index (χ2n) is 5.20. The summed E-state index contributed by atoms with van der Waals surface area (Å²) in [5.74, 6) is 0.496. The van der Waals surface area contributed by atoms with Crippen molar-refractivity contribution in [3.63, 3.8) is 0 Å². The van der Waals surface area contributed by atoms with Crippen LogP contribution >= 0.6 is 11.8 Å². The van der Waals surface area contributed by atoms with E-state index in [-0.39, 0.29) is 6.03 Å². The van der Waals surface area contributed by atoms with Gasteiger partial charge >= 0.3 is 6.03 Å². The number of rotatable bonds is 3. The number of fused-ring (bicyclic) bond motifs is 1. The molecule has 1 aliphatic rings. The summed E-state index contributed by atoms with van der Waals surface area (Å²) in [5, 5.41) is 10.7. The minimum Gasteiger partial charge on any atom is -0.320 e. The lowest BCUT2D eigenvalue weighted by Crippen LogP contribution is -2.38. The summed E-state index contributed by atoms with van der Waals surface area (Å²) in [6.45, 7) is 4.07. The van der Waals surface area contributed by atoms with Gasteiger partial charge in [0.25, 0.3) is 0 Å². The fourth-order valence-electron chi connectivity index (χ4n) is 2.53. The van der Waals surface area contributed by atoms with E-state index in [1.165, 1.54) is 16.0 Å². The maximum Gasteiger partial charge on any atom is 0.323 e. The SMILES string of the molecule is CCn1cc(NC(=O)N2CCc3cc(SC)ccc3C2)nn1. The van der Waals surface area contributed by atoms with Crippen LogP contribution in [0.4, 0.5) is 10.6 Å². The molecule has 0 bridgehead atoms. The molecule has 0 fully saturated rings. The normalized spacial score (nSPS) is 13.8. The van der Waals surface area contributed by atoms with Crippen LogP contribution in [0.1, 0.15) is 18.1 Å². The number of aryl methyl sites for hydroxylation is 1. The monoisotopic (exact) mass is 317 g/mol. The van der Waals surface area contributed by atoms with Crippen LogP contribution in [0.5, 0.6) is 0 Å². The summed E-state index contributed by atoms with van der Waals surface area (Å²) in [6.07, 6.45) is 4.70. The van der Waals surface area contributed by atoms with Gasteiger partial charge in [-0.15, -0.1) is 16.9 Å². The molecule has 0 radical (unpaired) electrons. The minimum atomic E-state index is -0.122. The van der Waals surface area contributed by atoms with Crippen molar-refractivity contribution in [1.82, 2.24) is 19.9 Å². The van der Waals surface area contributed by atoms with E-state index in [0.717, 1.165) is 19.5 Å². The first-order valence-corrected chi connectivity index (χ1v) is 8.54. The third kappa shape index (κ3) is 3.09. The Labute approximate surface area is 133 Å². The van der Waals surface area contributed by atoms with Crippen molar-refractivity contribution in [3.8, 4) is 0 Å². The van der Waals surface area contributed by atoms with E-state index in [0.29, 0.717) is 12.4 Å². The first-order chi connectivity index (χ1) is 10.7. The largest absolute Gasteiger partial charge is 0.323 e. The van der Waals surface area contributed by atoms with Crippen molar-refractivity contribution >= 4 is 23.6 Å². The topological polar surface area (TPSA) is 63.1 Å². The fourth-order valence-corrected chi connectivity index (χ4v) is 2.99. The standard InChI is InChI=1S/C15H19N5OS/c1-3-20-10-14(17-18-20)16-15(21)19-7-6-11-8-13(22-2)5-4-12(11)9-19/h4-5,8,10H,3,6-7,9H2,1-2H3,(H,16,21). The molecule has 0 unspecified atom stereocenters. The Morgan fingerprint density at radius 1 is 1.41 bits per heavy atom.